The number of hydrogen-bond donors (Lipinski definition) is 2. The second kappa shape index (κ2) is 6.12. The van der Waals surface area contributed by atoms with Crippen molar-refractivity contribution in [1.29, 1.82) is 0 Å². The van der Waals surface area contributed by atoms with Gasteiger partial charge in [0.2, 0.25) is 5.91 Å². The minimum absolute atomic E-state index is 0.128. The summed E-state index contributed by atoms with van der Waals surface area (Å²) in [6.45, 7) is 2.02. The molecule has 0 aromatic carbocycles. The zero-order valence-corrected chi connectivity index (χ0v) is 7.48. The Morgan fingerprint density at radius 2 is 2.00 bits per heavy atom. The number of nitrogens with one attached hydrogen (secondary N) is 2. The van der Waals surface area contributed by atoms with E-state index < -0.39 is 0 Å². The highest BCUT2D eigenvalue weighted by molar-refractivity contribution is 5.77. The maximum Gasteiger partial charge on any atom is 0.236 e. The Bertz CT molecular complexity index is 116. The van der Waals surface area contributed by atoms with E-state index in [0.29, 0.717) is 6.54 Å². The third-order valence-corrected chi connectivity index (χ3v) is 1.45. The smallest absolute Gasteiger partial charge is 0.236 e. The number of hydrogen-bond acceptors (Lipinski definition) is 3. The molecule has 0 rings (SSSR count). The number of rotatable bonds is 5. The fourth-order valence-electron chi connectivity index (χ4n) is 0.690. The van der Waals surface area contributed by atoms with E-state index in [-0.39, 0.29) is 5.91 Å². The van der Waals surface area contributed by atoms with Gasteiger partial charge in [-0.2, -0.15) is 0 Å². The first-order valence-electron chi connectivity index (χ1n) is 3.75. The molecule has 0 heterocycles. The van der Waals surface area contributed by atoms with Gasteiger partial charge in [0, 0.05) is 20.1 Å². The van der Waals surface area contributed by atoms with Crippen molar-refractivity contribution in [2.75, 3.05) is 40.8 Å². The normalized spacial score (nSPS) is 9.73. The minimum atomic E-state index is 0.128. The predicted molar refractivity (Wildman–Crippen MR) is 45.5 cm³/mol. The van der Waals surface area contributed by atoms with Crippen molar-refractivity contribution in [2.24, 2.45) is 0 Å². The molecule has 0 radical (unpaired) electrons. The van der Waals surface area contributed by atoms with Crippen LogP contribution in [0.1, 0.15) is 0 Å². The van der Waals surface area contributed by atoms with Crippen molar-refractivity contribution in [3.05, 3.63) is 0 Å². The van der Waals surface area contributed by atoms with Gasteiger partial charge >= 0.3 is 0 Å². The summed E-state index contributed by atoms with van der Waals surface area (Å²) in [6, 6.07) is 0. The fraction of sp³-hybridized carbons (Fsp3) is 0.857. The zero-order chi connectivity index (χ0) is 8.69. The Hall–Kier alpha value is -0.610. The second-order valence-electron chi connectivity index (χ2n) is 2.45. The predicted octanol–water partition coefficient (Wildman–Crippen LogP) is -1.12. The second-order valence-corrected chi connectivity index (χ2v) is 2.45. The summed E-state index contributed by atoms with van der Waals surface area (Å²) in [7, 11) is 5.44. The molecule has 0 saturated carbocycles. The summed E-state index contributed by atoms with van der Waals surface area (Å²) in [6.07, 6.45) is 0. The molecule has 0 aliphatic carbocycles. The van der Waals surface area contributed by atoms with Crippen LogP contribution in [0.5, 0.6) is 0 Å². The molecule has 0 spiro atoms. The molecule has 4 nitrogen and oxygen atoms in total. The van der Waals surface area contributed by atoms with Crippen molar-refractivity contribution >= 4 is 5.91 Å². The molecular formula is C7H17N3O. The highest BCUT2D eigenvalue weighted by Gasteiger charge is 2.04. The summed E-state index contributed by atoms with van der Waals surface area (Å²) in [5.41, 5.74) is 0. The SMILES string of the molecule is CNCCN(C)C(=O)CNC. The summed E-state index contributed by atoms with van der Waals surface area (Å²) in [5.74, 6) is 0.128. The quantitative estimate of drug-likeness (QED) is 0.534. The van der Waals surface area contributed by atoms with E-state index >= 15 is 0 Å². The summed E-state index contributed by atoms with van der Waals surface area (Å²) >= 11 is 0. The maximum atomic E-state index is 11.1. The first kappa shape index (κ1) is 10.4. The van der Waals surface area contributed by atoms with Gasteiger partial charge in [-0.3, -0.25) is 4.79 Å². The first-order chi connectivity index (χ1) is 5.22. The van der Waals surface area contributed by atoms with Gasteiger partial charge < -0.3 is 15.5 Å². The molecule has 0 bridgehead atoms. The van der Waals surface area contributed by atoms with Crippen LogP contribution >= 0.6 is 0 Å². The standard InChI is InChI=1S/C7H17N3O/c1-8-4-5-10(3)7(11)6-9-2/h8-9H,4-6H2,1-3H3. The minimum Gasteiger partial charge on any atom is -0.343 e. The van der Waals surface area contributed by atoms with Crippen molar-refractivity contribution in [2.45, 2.75) is 0 Å². The zero-order valence-electron chi connectivity index (χ0n) is 7.48. The highest BCUT2D eigenvalue weighted by atomic mass is 16.2. The van der Waals surface area contributed by atoms with E-state index in [1.807, 2.05) is 7.05 Å². The molecule has 0 atom stereocenters. The van der Waals surface area contributed by atoms with Crippen molar-refractivity contribution in [3.8, 4) is 0 Å². The molecule has 11 heavy (non-hydrogen) atoms. The third kappa shape index (κ3) is 4.75. The maximum absolute atomic E-state index is 11.1. The van der Waals surface area contributed by atoms with Crippen LogP contribution in [-0.4, -0.2) is 51.6 Å². The van der Waals surface area contributed by atoms with Gasteiger partial charge in [0.05, 0.1) is 6.54 Å². The average Bonchev–Trinajstić information content (AvgIpc) is 2.00. The van der Waals surface area contributed by atoms with Crippen LogP contribution in [-0.2, 0) is 4.79 Å². The van der Waals surface area contributed by atoms with Crippen LogP contribution in [0.4, 0.5) is 0 Å². The largest absolute Gasteiger partial charge is 0.343 e. The molecule has 0 unspecified atom stereocenters. The molecule has 0 aromatic heterocycles. The first-order valence-corrected chi connectivity index (χ1v) is 3.75. The number of nitrogens with zero attached hydrogens (tertiary/aromatic N) is 1. The number of likely N-dealkylation sites (N-methyl/N-ethyl adjacent to an activating group) is 3. The van der Waals surface area contributed by atoms with Gasteiger partial charge in [-0.15, -0.1) is 0 Å². The van der Waals surface area contributed by atoms with E-state index in [1.165, 1.54) is 0 Å². The Balaban J connectivity index is 3.46. The van der Waals surface area contributed by atoms with E-state index in [4.69, 9.17) is 0 Å². The van der Waals surface area contributed by atoms with Gasteiger partial charge in [-0.1, -0.05) is 0 Å². The van der Waals surface area contributed by atoms with Crippen molar-refractivity contribution in [1.82, 2.24) is 15.5 Å². The van der Waals surface area contributed by atoms with E-state index in [1.54, 1.807) is 19.0 Å². The molecule has 0 fully saturated rings. The lowest BCUT2D eigenvalue weighted by atomic mass is 10.5. The summed E-state index contributed by atoms with van der Waals surface area (Å²) in [5, 5.41) is 5.79. The summed E-state index contributed by atoms with van der Waals surface area (Å²) in [4.78, 5) is 12.8. The lowest BCUT2D eigenvalue weighted by Crippen LogP contribution is -2.37. The highest BCUT2D eigenvalue weighted by Crippen LogP contribution is 1.80. The Kier molecular flexibility index (Phi) is 5.78. The van der Waals surface area contributed by atoms with Crippen molar-refractivity contribution < 1.29 is 4.79 Å². The van der Waals surface area contributed by atoms with E-state index in [0.717, 1.165) is 13.1 Å². The lowest BCUT2D eigenvalue weighted by Gasteiger charge is -2.16. The molecule has 2 N–H and O–H groups in total. The third-order valence-electron chi connectivity index (χ3n) is 1.45. The molecule has 0 saturated heterocycles. The monoisotopic (exact) mass is 159 g/mol. The topological polar surface area (TPSA) is 44.4 Å². The van der Waals surface area contributed by atoms with Crippen LogP contribution < -0.4 is 10.6 Å². The van der Waals surface area contributed by atoms with Gasteiger partial charge in [-0.05, 0) is 14.1 Å². The fourth-order valence-corrected chi connectivity index (χ4v) is 0.690. The van der Waals surface area contributed by atoms with Crippen LogP contribution in [0.2, 0.25) is 0 Å². The average molecular weight is 159 g/mol. The molecule has 0 aromatic rings. The Labute approximate surface area is 67.9 Å². The van der Waals surface area contributed by atoms with E-state index in [9.17, 15) is 4.79 Å². The molecular weight excluding hydrogens is 142 g/mol. The van der Waals surface area contributed by atoms with Crippen molar-refractivity contribution in [3.63, 3.8) is 0 Å². The Morgan fingerprint density at radius 1 is 1.36 bits per heavy atom. The number of amides is 1. The van der Waals surface area contributed by atoms with E-state index in [2.05, 4.69) is 10.6 Å². The van der Waals surface area contributed by atoms with Gasteiger partial charge in [0.1, 0.15) is 0 Å². The number of carbonyl (C=O) groups excluding carboxylic acids is 1. The number of carbonyl (C=O) groups is 1. The van der Waals surface area contributed by atoms with Gasteiger partial charge in [0.15, 0.2) is 0 Å². The van der Waals surface area contributed by atoms with Crippen LogP contribution in [0.25, 0.3) is 0 Å². The van der Waals surface area contributed by atoms with Gasteiger partial charge in [0.25, 0.3) is 0 Å². The molecule has 4 heteroatoms. The van der Waals surface area contributed by atoms with Crippen LogP contribution in [0.15, 0.2) is 0 Å². The Morgan fingerprint density at radius 3 is 2.45 bits per heavy atom. The van der Waals surface area contributed by atoms with Crippen LogP contribution in [0.3, 0.4) is 0 Å². The molecule has 0 aliphatic heterocycles. The molecule has 0 aliphatic rings. The molecule has 1 amide bonds. The lowest BCUT2D eigenvalue weighted by molar-refractivity contribution is -0.128. The van der Waals surface area contributed by atoms with Gasteiger partial charge in [-0.25, -0.2) is 0 Å². The van der Waals surface area contributed by atoms with Crippen LogP contribution in [0, 0.1) is 0 Å². The summed E-state index contributed by atoms with van der Waals surface area (Å²) < 4.78 is 0. The molecule has 66 valence electrons.